The summed E-state index contributed by atoms with van der Waals surface area (Å²) in [5.41, 5.74) is -5.55. The maximum absolute atomic E-state index is 13.5. The van der Waals surface area contributed by atoms with Gasteiger partial charge in [-0.25, -0.2) is 4.39 Å². The lowest BCUT2D eigenvalue weighted by atomic mass is 9.63. The van der Waals surface area contributed by atoms with E-state index in [-0.39, 0.29) is 25.7 Å². The number of rotatable bonds is 5. The molecule has 9 heteroatoms. The predicted octanol–water partition coefficient (Wildman–Crippen LogP) is 5.12. The molecule has 0 aromatic carbocycles. The van der Waals surface area contributed by atoms with Crippen LogP contribution in [0, 0.1) is 17.3 Å². The van der Waals surface area contributed by atoms with Crippen molar-refractivity contribution < 1.29 is 40.6 Å². The Morgan fingerprint density at radius 2 is 1.36 bits per heavy atom. The Labute approximate surface area is 141 Å². The first-order valence-corrected chi connectivity index (χ1v) is 7.77. The van der Waals surface area contributed by atoms with Crippen molar-refractivity contribution in [3.05, 3.63) is 12.4 Å². The molecule has 2 nitrogen and oxygen atoms in total. The molecule has 1 aliphatic carbocycles. The maximum Gasteiger partial charge on any atom is 0.417 e. The molecule has 0 aromatic heterocycles. The summed E-state index contributed by atoms with van der Waals surface area (Å²) in [6.45, 7) is 4.08. The third-order valence-electron chi connectivity index (χ3n) is 5.48. The molecule has 0 saturated heterocycles. The normalized spacial score (nSPS) is 27.3. The fraction of sp³-hybridized carbons (Fsp3) is 0.812. The molecule has 0 amide bonds. The van der Waals surface area contributed by atoms with Gasteiger partial charge in [0.25, 0.3) is 0 Å². The van der Waals surface area contributed by atoms with E-state index in [0.29, 0.717) is 6.92 Å². The first-order valence-electron chi connectivity index (χ1n) is 7.77. The summed E-state index contributed by atoms with van der Waals surface area (Å²) >= 11 is 0. The minimum atomic E-state index is -4.89. The molecule has 1 aliphatic rings. The van der Waals surface area contributed by atoms with Crippen LogP contribution < -0.4 is 0 Å². The molecular formula is C16H21F7O2. The summed E-state index contributed by atoms with van der Waals surface area (Å²) in [4.78, 5) is 11.4. The largest absolute Gasteiger partial charge is 0.417 e. The van der Waals surface area contributed by atoms with Crippen LogP contribution in [0.3, 0.4) is 0 Å². The molecule has 1 fully saturated rings. The van der Waals surface area contributed by atoms with Gasteiger partial charge in [0, 0.05) is 6.42 Å². The van der Waals surface area contributed by atoms with Gasteiger partial charge in [-0.2, -0.15) is 26.3 Å². The molecule has 1 saturated carbocycles. The standard InChI is InChI=1S/C16H21F7O2/c1-9(17)12(24)8-13(2,15(18,19)20)10-4-6-11(7-5-10)14(3,25)16(21,22)23/h10-11,25H,1,4-8H2,2-3H3. The number of carbonyl (C=O) groups excluding carboxylic acids is 1. The van der Waals surface area contributed by atoms with Gasteiger partial charge in [-0.3, -0.25) is 4.79 Å². The van der Waals surface area contributed by atoms with E-state index >= 15 is 0 Å². The van der Waals surface area contributed by atoms with E-state index in [4.69, 9.17) is 0 Å². The number of Topliss-reactive ketones (excluding diaryl/α,β-unsaturated/α-hetero) is 1. The number of hydrogen-bond acceptors (Lipinski definition) is 2. The molecule has 2 unspecified atom stereocenters. The molecule has 146 valence electrons. The molecule has 0 heterocycles. The van der Waals surface area contributed by atoms with Crippen molar-refractivity contribution in [2.75, 3.05) is 0 Å². The van der Waals surface area contributed by atoms with Gasteiger partial charge in [-0.1, -0.05) is 13.5 Å². The number of carbonyl (C=O) groups is 1. The first kappa shape index (κ1) is 21.9. The van der Waals surface area contributed by atoms with Crippen molar-refractivity contribution in [3.8, 4) is 0 Å². The van der Waals surface area contributed by atoms with E-state index < -0.39 is 53.2 Å². The van der Waals surface area contributed by atoms with Gasteiger partial charge >= 0.3 is 12.4 Å². The summed E-state index contributed by atoms with van der Waals surface area (Å²) < 4.78 is 92.0. The van der Waals surface area contributed by atoms with Crippen LogP contribution in [-0.4, -0.2) is 28.8 Å². The average molecular weight is 378 g/mol. The molecule has 1 N–H and O–H groups in total. The highest BCUT2D eigenvalue weighted by molar-refractivity contribution is 5.93. The van der Waals surface area contributed by atoms with Crippen molar-refractivity contribution in [2.45, 2.75) is 63.9 Å². The van der Waals surface area contributed by atoms with Crippen LogP contribution in [-0.2, 0) is 4.79 Å². The molecule has 0 bridgehead atoms. The van der Waals surface area contributed by atoms with Crippen molar-refractivity contribution in [1.82, 2.24) is 0 Å². The molecular weight excluding hydrogens is 357 g/mol. The molecule has 2 atom stereocenters. The van der Waals surface area contributed by atoms with Crippen LogP contribution in [0.5, 0.6) is 0 Å². The van der Waals surface area contributed by atoms with E-state index in [0.717, 1.165) is 6.92 Å². The lowest BCUT2D eigenvalue weighted by Gasteiger charge is -2.45. The molecule has 0 aromatic rings. The van der Waals surface area contributed by atoms with Gasteiger partial charge in [0.15, 0.2) is 17.2 Å². The number of allylic oxidation sites excluding steroid dienone is 1. The molecule has 0 aliphatic heterocycles. The van der Waals surface area contributed by atoms with Crippen LogP contribution in [0.15, 0.2) is 12.4 Å². The van der Waals surface area contributed by atoms with E-state index in [1.807, 2.05) is 0 Å². The zero-order valence-corrected chi connectivity index (χ0v) is 13.9. The van der Waals surface area contributed by atoms with Crippen LogP contribution in [0.1, 0.15) is 46.0 Å². The Morgan fingerprint density at radius 1 is 0.960 bits per heavy atom. The minimum absolute atomic E-state index is 0.251. The van der Waals surface area contributed by atoms with Crippen LogP contribution in [0.25, 0.3) is 0 Å². The Kier molecular flexibility index (Phi) is 6.04. The van der Waals surface area contributed by atoms with E-state index in [1.165, 1.54) is 0 Å². The highest BCUT2D eigenvalue weighted by Crippen LogP contribution is 2.54. The van der Waals surface area contributed by atoms with E-state index in [2.05, 4.69) is 6.58 Å². The topological polar surface area (TPSA) is 37.3 Å². The number of aliphatic hydroxyl groups is 1. The summed E-state index contributed by atoms with van der Waals surface area (Å²) in [7, 11) is 0. The van der Waals surface area contributed by atoms with Gasteiger partial charge in [-0.15, -0.1) is 0 Å². The summed E-state index contributed by atoms with van der Waals surface area (Å²) in [6, 6.07) is 0. The first-order chi connectivity index (χ1) is 11.0. The third kappa shape index (κ3) is 4.35. The number of ketones is 1. The zero-order chi connectivity index (χ0) is 19.8. The van der Waals surface area contributed by atoms with Gasteiger partial charge in [-0.05, 0) is 44.4 Å². The molecule has 0 spiro atoms. The van der Waals surface area contributed by atoms with Gasteiger partial charge in [0.2, 0.25) is 0 Å². The van der Waals surface area contributed by atoms with Crippen molar-refractivity contribution >= 4 is 5.78 Å². The molecule has 25 heavy (non-hydrogen) atoms. The monoisotopic (exact) mass is 378 g/mol. The highest BCUT2D eigenvalue weighted by Gasteiger charge is 2.60. The molecule has 0 radical (unpaired) electrons. The van der Waals surface area contributed by atoms with Crippen molar-refractivity contribution in [3.63, 3.8) is 0 Å². The Hall–Kier alpha value is -1.12. The van der Waals surface area contributed by atoms with Gasteiger partial charge in [0.05, 0.1) is 5.41 Å². The van der Waals surface area contributed by atoms with Crippen LogP contribution >= 0.6 is 0 Å². The minimum Gasteiger partial charge on any atom is -0.380 e. The van der Waals surface area contributed by atoms with Crippen molar-refractivity contribution in [2.24, 2.45) is 17.3 Å². The SMILES string of the molecule is C=C(F)C(=O)CC(C)(C1CCC(C(C)(O)C(F)(F)F)CC1)C(F)(F)F. The Morgan fingerprint density at radius 3 is 1.68 bits per heavy atom. The quantitative estimate of drug-likeness (QED) is 0.533. The summed E-state index contributed by atoms with van der Waals surface area (Å²) in [6.07, 6.45) is -11.9. The molecule has 1 rings (SSSR count). The fourth-order valence-corrected chi connectivity index (χ4v) is 3.43. The number of hydrogen-bond donors (Lipinski definition) is 1. The second-order valence-electron chi connectivity index (χ2n) is 7.11. The Balaban J connectivity index is 2.97. The number of halogens is 7. The second-order valence-corrected chi connectivity index (χ2v) is 7.11. The zero-order valence-electron chi connectivity index (χ0n) is 13.9. The van der Waals surface area contributed by atoms with Gasteiger partial charge in [0.1, 0.15) is 0 Å². The Bertz CT molecular complexity index is 514. The van der Waals surface area contributed by atoms with Gasteiger partial charge < -0.3 is 5.11 Å². The predicted molar refractivity (Wildman–Crippen MR) is 76.2 cm³/mol. The lowest BCUT2D eigenvalue weighted by Crippen LogP contribution is -2.51. The highest BCUT2D eigenvalue weighted by atomic mass is 19.4. The van der Waals surface area contributed by atoms with Crippen molar-refractivity contribution in [1.29, 1.82) is 0 Å². The second kappa shape index (κ2) is 6.89. The fourth-order valence-electron chi connectivity index (χ4n) is 3.43. The number of alkyl halides is 6. The van der Waals surface area contributed by atoms with E-state index in [1.54, 1.807) is 0 Å². The summed E-state index contributed by atoms with van der Waals surface area (Å²) in [5, 5.41) is 9.68. The third-order valence-corrected chi connectivity index (χ3v) is 5.48. The van der Waals surface area contributed by atoms with E-state index in [9.17, 15) is 40.6 Å². The maximum atomic E-state index is 13.5. The lowest BCUT2D eigenvalue weighted by molar-refractivity contribution is -0.280. The summed E-state index contributed by atoms with van der Waals surface area (Å²) in [5.74, 6) is -5.22. The average Bonchev–Trinajstić information content (AvgIpc) is 2.44. The van der Waals surface area contributed by atoms with Crippen LogP contribution in [0.4, 0.5) is 30.7 Å². The van der Waals surface area contributed by atoms with Crippen LogP contribution in [0.2, 0.25) is 0 Å². The smallest absolute Gasteiger partial charge is 0.380 e.